The summed E-state index contributed by atoms with van der Waals surface area (Å²) in [5.41, 5.74) is 0. The van der Waals surface area contributed by atoms with Crippen molar-refractivity contribution < 1.29 is 15.5 Å². The van der Waals surface area contributed by atoms with Gasteiger partial charge in [-0.2, -0.15) is 0 Å². The first-order valence-corrected chi connectivity index (χ1v) is 6.07. The Morgan fingerprint density at radius 1 is 1.25 bits per heavy atom. The van der Waals surface area contributed by atoms with Crippen molar-refractivity contribution in [3.63, 3.8) is 0 Å². The van der Waals surface area contributed by atoms with Gasteiger partial charge in [-0.05, 0) is 18.9 Å². The van der Waals surface area contributed by atoms with Gasteiger partial charge >= 0.3 is 0 Å². The molecule has 0 radical (unpaired) electrons. The van der Waals surface area contributed by atoms with Crippen molar-refractivity contribution in [3.8, 4) is 0 Å². The maximum Gasteiger partial charge on any atom is 0.250 e. The number of allylic oxidation sites excluding steroid dienone is 4. The molecule has 0 aliphatic heterocycles. The van der Waals surface area contributed by atoms with Crippen molar-refractivity contribution in [1.29, 1.82) is 0 Å². The quantitative estimate of drug-likeness (QED) is 0.560. The van der Waals surface area contributed by atoms with E-state index in [2.05, 4.69) is 10.7 Å². The normalized spacial score (nSPS) is 24.2. The van der Waals surface area contributed by atoms with Gasteiger partial charge in [0.1, 0.15) is 0 Å². The summed E-state index contributed by atoms with van der Waals surface area (Å²) in [5, 5.41) is 0. The van der Waals surface area contributed by atoms with E-state index in [0.717, 1.165) is 0 Å². The van der Waals surface area contributed by atoms with Gasteiger partial charge < -0.3 is 0 Å². The molecule has 0 saturated heterocycles. The van der Waals surface area contributed by atoms with Crippen LogP contribution in [0.2, 0.25) is 0 Å². The van der Waals surface area contributed by atoms with Crippen LogP contribution in [0, 0.1) is 0 Å². The molecule has 0 N–H and O–H groups in total. The Morgan fingerprint density at radius 3 is 2.08 bits per heavy atom. The molecule has 0 spiro atoms. The van der Waals surface area contributed by atoms with Crippen LogP contribution in [-0.4, -0.2) is 0 Å². The van der Waals surface area contributed by atoms with E-state index < -0.39 is 14.0 Å². The molecule has 0 nitrogen and oxygen atoms in total. The molecular weight excluding hydrogens is 216 g/mol. The molecule has 1 aliphatic carbocycles. The fourth-order valence-electron chi connectivity index (χ4n) is 0.902. The molecule has 0 fully saturated rings. The molecule has 1 rings (SSSR count). The Balaban J connectivity index is 3.14. The van der Waals surface area contributed by atoms with E-state index >= 15 is 0 Å². The highest BCUT2D eigenvalue weighted by Crippen LogP contribution is 3.04. The van der Waals surface area contributed by atoms with Crippen molar-refractivity contribution in [2.75, 3.05) is 0 Å². The molecule has 72 valence electrons. The van der Waals surface area contributed by atoms with Gasteiger partial charge in [0.25, 0.3) is 0 Å². The average Bonchev–Trinajstić information content (AvgIpc) is 1.85. The summed E-state index contributed by atoms with van der Waals surface area (Å²) in [5.74, 6) is 0. The molecule has 6 heteroatoms. The van der Waals surface area contributed by atoms with Crippen LogP contribution in [0.15, 0.2) is 23.1 Å². The second-order valence-corrected chi connectivity index (χ2v) is 6.89. The Hall–Kier alpha value is -0.160. The zero-order chi connectivity index (χ0) is 9.52. The van der Waals surface area contributed by atoms with E-state index in [1.54, 1.807) is 0 Å². The molecule has 0 saturated carbocycles. The van der Waals surface area contributed by atoms with E-state index in [-0.39, 0.29) is 12.8 Å². The molecule has 12 heavy (non-hydrogen) atoms. The van der Waals surface area contributed by atoms with Crippen LogP contribution in [0.25, 0.3) is 0 Å². The van der Waals surface area contributed by atoms with Gasteiger partial charge in [-0.1, -0.05) is 12.2 Å². The SMILES string of the molecule is FS(F)(F)(F)(Cl)C1=CC=CCC1. The molecule has 0 atom stereocenters. The molecule has 0 heterocycles. The monoisotopic (exact) mass is 222 g/mol. The molecule has 0 aromatic heterocycles. The number of halogens is 5. The summed E-state index contributed by atoms with van der Waals surface area (Å²) >= 11 is 0. The highest BCUT2D eigenvalue weighted by atomic mass is 35.7. The van der Waals surface area contributed by atoms with Crippen molar-refractivity contribution >= 4 is 19.7 Å². The van der Waals surface area contributed by atoms with E-state index in [1.165, 1.54) is 12.2 Å². The average molecular weight is 223 g/mol. The molecule has 0 unspecified atom stereocenters. The topological polar surface area (TPSA) is 0 Å². The van der Waals surface area contributed by atoms with E-state index in [0.29, 0.717) is 6.08 Å². The van der Waals surface area contributed by atoms with Gasteiger partial charge in [0.2, 0.25) is 9.05 Å². The predicted octanol–water partition coefficient (Wildman–Crippen LogP) is 4.79. The van der Waals surface area contributed by atoms with Crippen LogP contribution in [0.5, 0.6) is 0 Å². The van der Waals surface area contributed by atoms with Crippen LogP contribution in [-0.2, 0) is 0 Å². The molecular formula is C6H7ClF4S. The lowest BCUT2D eigenvalue weighted by atomic mass is 10.2. The van der Waals surface area contributed by atoms with Gasteiger partial charge in [-0.25, -0.2) is 0 Å². The maximum atomic E-state index is 12.4. The first-order valence-electron chi connectivity index (χ1n) is 3.19. The summed E-state index contributed by atoms with van der Waals surface area (Å²) in [7, 11) is -4.30. The minimum Gasteiger partial charge on any atom is -0.107 e. The fourth-order valence-corrected chi connectivity index (χ4v) is 2.13. The van der Waals surface area contributed by atoms with Crippen molar-refractivity contribution in [2.45, 2.75) is 12.8 Å². The zero-order valence-electron chi connectivity index (χ0n) is 5.94. The summed E-state index contributed by atoms with van der Waals surface area (Å²) in [4.78, 5) is -1.24. The highest BCUT2D eigenvalue weighted by Gasteiger charge is 2.63. The van der Waals surface area contributed by atoms with Crippen LogP contribution >= 0.6 is 19.7 Å². The largest absolute Gasteiger partial charge is 0.250 e. The smallest absolute Gasteiger partial charge is 0.107 e. The molecule has 1 aliphatic rings. The van der Waals surface area contributed by atoms with Crippen LogP contribution in [0.4, 0.5) is 15.5 Å². The Labute approximate surface area is 71.8 Å². The standard InChI is InChI=1S/C6H7ClF4S/c7-12(8,9,10,11)6-4-2-1-3-5-6/h1-2,4H,3,5H2. The molecule has 0 aromatic carbocycles. The van der Waals surface area contributed by atoms with Crippen LogP contribution < -0.4 is 0 Å². The summed E-state index contributed by atoms with van der Waals surface area (Å²) in [6.45, 7) is 0. The number of rotatable bonds is 1. The third-order valence-corrected chi connectivity index (χ3v) is 3.40. The summed E-state index contributed by atoms with van der Waals surface area (Å²) in [6, 6.07) is 0. The third-order valence-electron chi connectivity index (χ3n) is 1.47. The second-order valence-electron chi connectivity index (χ2n) is 2.57. The van der Waals surface area contributed by atoms with Gasteiger partial charge in [0.05, 0.1) is 4.91 Å². The van der Waals surface area contributed by atoms with Crippen LogP contribution in [0.3, 0.4) is 0 Å². The van der Waals surface area contributed by atoms with Crippen molar-refractivity contribution in [2.24, 2.45) is 0 Å². The van der Waals surface area contributed by atoms with Gasteiger partial charge in [0.15, 0.2) is 0 Å². The first kappa shape index (κ1) is 9.92. The van der Waals surface area contributed by atoms with Gasteiger partial charge in [0, 0.05) is 10.7 Å². The lowest BCUT2D eigenvalue weighted by Crippen LogP contribution is -2.08. The summed E-state index contributed by atoms with van der Waals surface area (Å²) < 4.78 is 49.7. The maximum absolute atomic E-state index is 12.4. The predicted molar refractivity (Wildman–Crippen MR) is 44.3 cm³/mol. The zero-order valence-corrected chi connectivity index (χ0v) is 7.52. The van der Waals surface area contributed by atoms with Gasteiger partial charge in [-0.3, -0.25) is 0 Å². The molecule has 0 amide bonds. The van der Waals surface area contributed by atoms with E-state index in [1.807, 2.05) is 0 Å². The highest BCUT2D eigenvalue weighted by molar-refractivity contribution is 8.68. The lowest BCUT2D eigenvalue weighted by molar-refractivity contribution is 0.490. The van der Waals surface area contributed by atoms with Crippen LogP contribution in [0.1, 0.15) is 12.8 Å². The summed E-state index contributed by atoms with van der Waals surface area (Å²) in [6.07, 6.45) is 3.20. The van der Waals surface area contributed by atoms with E-state index in [9.17, 15) is 15.5 Å². The van der Waals surface area contributed by atoms with Crippen molar-refractivity contribution in [1.82, 2.24) is 0 Å². The minimum atomic E-state index is -8.37. The lowest BCUT2D eigenvalue weighted by Gasteiger charge is -2.44. The van der Waals surface area contributed by atoms with Crippen molar-refractivity contribution in [3.05, 3.63) is 23.1 Å². The number of hydrogen-bond donors (Lipinski definition) is 0. The second kappa shape index (κ2) is 2.01. The third kappa shape index (κ3) is 2.42. The minimum absolute atomic E-state index is 0.181. The van der Waals surface area contributed by atoms with Gasteiger partial charge in [-0.15, -0.1) is 15.5 Å². The Morgan fingerprint density at radius 2 is 1.83 bits per heavy atom. The molecule has 0 aromatic rings. The fraction of sp³-hybridized carbons (Fsp3) is 0.333. The number of hydrogen-bond acceptors (Lipinski definition) is 0. The Bertz CT molecular complexity index is 259. The first-order chi connectivity index (χ1) is 5.09. The van der Waals surface area contributed by atoms with E-state index in [4.69, 9.17) is 0 Å². The Kier molecular flexibility index (Phi) is 1.66. The molecule has 0 bridgehead atoms.